The van der Waals surface area contributed by atoms with Crippen LogP contribution >= 0.6 is 0 Å². The Bertz CT molecular complexity index is 801. The molecule has 168 valence electrons. The Kier molecular flexibility index (Phi) is 7.58. The molecule has 0 radical (unpaired) electrons. The van der Waals surface area contributed by atoms with E-state index in [-0.39, 0.29) is 17.2 Å². The zero-order valence-electron chi connectivity index (χ0n) is 18.7. The molecule has 0 aliphatic carbocycles. The van der Waals surface area contributed by atoms with Crippen molar-refractivity contribution in [3.05, 3.63) is 29.8 Å². The molecule has 30 heavy (non-hydrogen) atoms. The van der Waals surface area contributed by atoms with Crippen LogP contribution in [0.1, 0.15) is 58.4 Å². The van der Waals surface area contributed by atoms with Gasteiger partial charge in [0.05, 0.1) is 4.90 Å². The van der Waals surface area contributed by atoms with Crippen LogP contribution < -0.4 is 5.32 Å². The maximum absolute atomic E-state index is 13.0. The molecule has 2 saturated heterocycles. The number of sulfonamides is 1. The van der Waals surface area contributed by atoms with E-state index < -0.39 is 10.0 Å². The molecule has 0 saturated carbocycles. The second-order valence-electron chi connectivity index (χ2n) is 9.65. The summed E-state index contributed by atoms with van der Waals surface area (Å²) in [7, 11) is -3.51. The summed E-state index contributed by atoms with van der Waals surface area (Å²) in [6.07, 6.45) is 4.71. The van der Waals surface area contributed by atoms with Crippen molar-refractivity contribution in [1.29, 1.82) is 0 Å². The van der Waals surface area contributed by atoms with E-state index >= 15 is 0 Å². The van der Waals surface area contributed by atoms with Crippen LogP contribution in [0.2, 0.25) is 0 Å². The van der Waals surface area contributed by atoms with Crippen LogP contribution in [0.5, 0.6) is 0 Å². The van der Waals surface area contributed by atoms with Gasteiger partial charge in [-0.2, -0.15) is 4.31 Å². The van der Waals surface area contributed by atoms with Crippen LogP contribution in [0.25, 0.3) is 0 Å². The van der Waals surface area contributed by atoms with Gasteiger partial charge in [-0.3, -0.25) is 4.79 Å². The smallest absolute Gasteiger partial charge is 0.243 e. The van der Waals surface area contributed by atoms with E-state index in [1.807, 2.05) is 12.1 Å². The Labute approximate surface area is 182 Å². The Morgan fingerprint density at radius 3 is 2.20 bits per heavy atom. The van der Waals surface area contributed by atoms with Crippen molar-refractivity contribution in [1.82, 2.24) is 14.5 Å². The molecule has 7 heteroatoms. The molecule has 6 nitrogen and oxygen atoms in total. The first-order chi connectivity index (χ1) is 14.2. The molecule has 3 rings (SSSR count). The average molecular weight is 436 g/mol. The van der Waals surface area contributed by atoms with Crippen LogP contribution in [0, 0.1) is 5.92 Å². The molecule has 2 aliphatic heterocycles. The van der Waals surface area contributed by atoms with Crippen molar-refractivity contribution in [3.63, 3.8) is 0 Å². The molecule has 0 unspecified atom stereocenters. The quantitative estimate of drug-likeness (QED) is 0.669. The van der Waals surface area contributed by atoms with Crippen molar-refractivity contribution < 1.29 is 13.2 Å². The van der Waals surface area contributed by atoms with Gasteiger partial charge < -0.3 is 10.2 Å². The summed E-state index contributed by atoms with van der Waals surface area (Å²) in [5.41, 5.74) is 1.10. The van der Waals surface area contributed by atoms with E-state index in [1.54, 1.807) is 12.1 Å². The van der Waals surface area contributed by atoms with Gasteiger partial charge in [0, 0.05) is 25.6 Å². The fourth-order valence-corrected chi connectivity index (χ4v) is 5.77. The largest absolute Gasteiger partial charge is 0.356 e. The standard InChI is InChI=1S/C23H37N3O3S/c1-23(2,3)20-7-9-21(10-8-20)30(28,29)26-17-11-19(12-18-26)22(27)24-13-6-16-25-14-4-5-15-25/h7-10,19H,4-6,11-18H2,1-3H3,(H,24,27). The summed E-state index contributed by atoms with van der Waals surface area (Å²) in [6.45, 7) is 11.2. The number of benzene rings is 1. The highest BCUT2D eigenvalue weighted by molar-refractivity contribution is 7.89. The lowest BCUT2D eigenvalue weighted by Gasteiger charge is -2.30. The summed E-state index contributed by atoms with van der Waals surface area (Å²) in [5.74, 6) is -0.0190. The minimum absolute atomic E-state index is 0.0114. The SMILES string of the molecule is CC(C)(C)c1ccc(S(=O)(=O)N2CCC(C(=O)NCCCN3CCCC3)CC2)cc1. The molecule has 0 bridgehead atoms. The van der Waals surface area contributed by atoms with Gasteiger partial charge in [-0.25, -0.2) is 8.42 Å². The van der Waals surface area contributed by atoms with Gasteiger partial charge in [-0.1, -0.05) is 32.9 Å². The van der Waals surface area contributed by atoms with Crippen molar-refractivity contribution in [2.24, 2.45) is 5.92 Å². The van der Waals surface area contributed by atoms with Gasteiger partial charge in [-0.05, 0) is 74.8 Å². The average Bonchev–Trinajstić information content (AvgIpc) is 3.24. The van der Waals surface area contributed by atoms with Crippen molar-refractivity contribution >= 4 is 15.9 Å². The van der Waals surface area contributed by atoms with Crippen LogP contribution in [0.3, 0.4) is 0 Å². The van der Waals surface area contributed by atoms with E-state index in [4.69, 9.17) is 0 Å². The van der Waals surface area contributed by atoms with Crippen LogP contribution in [-0.2, 0) is 20.2 Å². The molecule has 2 fully saturated rings. The highest BCUT2D eigenvalue weighted by Crippen LogP contribution is 2.27. The monoisotopic (exact) mass is 435 g/mol. The molecule has 0 aromatic heterocycles. The molecule has 0 spiro atoms. The Morgan fingerprint density at radius 2 is 1.63 bits per heavy atom. The lowest BCUT2D eigenvalue weighted by Crippen LogP contribution is -2.43. The molecule has 1 N–H and O–H groups in total. The summed E-state index contributed by atoms with van der Waals surface area (Å²) < 4.78 is 27.5. The maximum Gasteiger partial charge on any atom is 0.243 e. The van der Waals surface area contributed by atoms with Crippen LogP contribution in [0.15, 0.2) is 29.2 Å². The number of rotatable bonds is 7. The number of hydrogen-bond donors (Lipinski definition) is 1. The number of carbonyl (C=O) groups is 1. The van der Waals surface area contributed by atoms with Crippen molar-refractivity contribution in [2.45, 2.75) is 63.2 Å². The third kappa shape index (κ3) is 5.83. The van der Waals surface area contributed by atoms with Crippen LogP contribution in [-0.4, -0.2) is 62.8 Å². The fourth-order valence-electron chi connectivity index (χ4n) is 4.30. The number of carbonyl (C=O) groups excluding carboxylic acids is 1. The van der Waals surface area contributed by atoms with E-state index in [0.717, 1.165) is 18.5 Å². The van der Waals surface area contributed by atoms with E-state index in [9.17, 15) is 13.2 Å². The van der Waals surface area contributed by atoms with Gasteiger partial charge in [-0.15, -0.1) is 0 Å². The molecule has 0 atom stereocenters. The molecule has 2 heterocycles. The Morgan fingerprint density at radius 1 is 1.03 bits per heavy atom. The number of piperidine rings is 1. The number of amides is 1. The number of nitrogens with zero attached hydrogens (tertiary/aromatic N) is 2. The number of nitrogens with one attached hydrogen (secondary N) is 1. The second kappa shape index (κ2) is 9.79. The minimum atomic E-state index is -3.51. The first-order valence-corrected chi connectivity index (χ1v) is 12.7. The van der Waals surface area contributed by atoms with Gasteiger partial charge >= 0.3 is 0 Å². The molecule has 1 aromatic carbocycles. The number of hydrogen-bond acceptors (Lipinski definition) is 4. The highest BCUT2D eigenvalue weighted by Gasteiger charge is 2.32. The zero-order valence-corrected chi connectivity index (χ0v) is 19.5. The van der Waals surface area contributed by atoms with E-state index in [1.165, 1.54) is 30.2 Å². The van der Waals surface area contributed by atoms with Gasteiger partial charge in [0.1, 0.15) is 0 Å². The van der Waals surface area contributed by atoms with Crippen molar-refractivity contribution in [2.75, 3.05) is 39.3 Å². The van der Waals surface area contributed by atoms with Gasteiger partial charge in [0.2, 0.25) is 15.9 Å². The topological polar surface area (TPSA) is 69.7 Å². The summed E-state index contributed by atoms with van der Waals surface area (Å²) in [4.78, 5) is 15.2. The van der Waals surface area contributed by atoms with E-state index in [0.29, 0.717) is 37.4 Å². The normalized spacial score (nSPS) is 19.8. The highest BCUT2D eigenvalue weighted by atomic mass is 32.2. The first-order valence-electron chi connectivity index (χ1n) is 11.3. The lowest BCUT2D eigenvalue weighted by atomic mass is 9.87. The number of likely N-dealkylation sites (tertiary alicyclic amines) is 1. The van der Waals surface area contributed by atoms with Crippen LogP contribution in [0.4, 0.5) is 0 Å². The molecular formula is C23H37N3O3S. The lowest BCUT2D eigenvalue weighted by molar-refractivity contribution is -0.126. The fraction of sp³-hybridized carbons (Fsp3) is 0.696. The third-order valence-corrected chi connectivity index (χ3v) is 8.24. The zero-order chi connectivity index (χ0) is 21.8. The first kappa shape index (κ1) is 23.2. The van der Waals surface area contributed by atoms with E-state index in [2.05, 4.69) is 31.0 Å². The molecule has 1 amide bonds. The summed E-state index contributed by atoms with van der Waals surface area (Å²) >= 11 is 0. The third-order valence-electron chi connectivity index (χ3n) is 6.33. The predicted octanol–water partition coefficient (Wildman–Crippen LogP) is 2.99. The predicted molar refractivity (Wildman–Crippen MR) is 120 cm³/mol. The van der Waals surface area contributed by atoms with Gasteiger partial charge in [0.15, 0.2) is 0 Å². The Hall–Kier alpha value is -1.44. The second-order valence-corrected chi connectivity index (χ2v) is 11.6. The molecular weight excluding hydrogens is 398 g/mol. The van der Waals surface area contributed by atoms with Gasteiger partial charge in [0.25, 0.3) is 0 Å². The Balaban J connectivity index is 1.46. The minimum Gasteiger partial charge on any atom is -0.356 e. The summed E-state index contributed by atoms with van der Waals surface area (Å²) in [5, 5.41) is 3.05. The maximum atomic E-state index is 13.0. The van der Waals surface area contributed by atoms with Crippen molar-refractivity contribution in [3.8, 4) is 0 Å². The molecule has 1 aromatic rings. The summed E-state index contributed by atoms with van der Waals surface area (Å²) in [6, 6.07) is 7.20. The molecule has 2 aliphatic rings.